The molecular formula is C24H25ClN6. The van der Waals surface area contributed by atoms with E-state index < -0.39 is 0 Å². The molecule has 2 atom stereocenters. The van der Waals surface area contributed by atoms with Crippen molar-refractivity contribution in [3.05, 3.63) is 65.4 Å². The van der Waals surface area contributed by atoms with Gasteiger partial charge in [0.15, 0.2) is 11.5 Å². The molecule has 7 heteroatoms. The summed E-state index contributed by atoms with van der Waals surface area (Å²) in [6.07, 6.45) is 3.60. The number of aryl methyl sites for hydroxylation is 1. The van der Waals surface area contributed by atoms with E-state index in [2.05, 4.69) is 42.0 Å². The molecule has 0 radical (unpaired) electrons. The molecule has 5 rings (SSSR count). The van der Waals surface area contributed by atoms with Crippen molar-refractivity contribution in [3.63, 3.8) is 0 Å². The summed E-state index contributed by atoms with van der Waals surface area (Å²) in [6, 6.07) is 14.7. The second kappa shape index (κ2) is 7.94. The maximum absolute atomic E-state index is 6.13. The highest BCUT2D eigenvalue weighted by Gasteiger charge is 2.25. The van der Waals surface area contributed by atoms with Crippen LogP contribution in [0.1, 0.15) is 19.4 Å². The van der Waals surface area contributed by atoms with Crippen LogP contribution in [0, 0.1) is 6.92 Å². The highest BCUT2D eigenvalue weighted by Crippen LogP contribution is 2.34. The topological polar surface area (TPSA) is 58.4 Å². The minimum atomic E-state index is 0.410. The molecule has 1 aliphatic rings. The number of pyridine rings is 1. The van der Waals surface area contributed by atoms with Crippen LogP contribution in [-0.4, -0.2) is 44.8 Å². The predicted octanol–water partition coefficient (Wildman–Crippen LogP) is 4.61. The smallest absolute Gasteiger partial charge is 0.155 e. The highest BCUT2D eigenvalue weighted by atomic mass is 35.5. The summed E-state index contributed by atoms with van der Waals surface area (Å²) in [7, 11) is 0. The summed E-state index contributed by atoms with van der Waals surface area (Å²) in [4.78, 5) is 11.5. The number of fused-ring (bicyclic) bond motifs is 1. The summed E-state index contributed by atoms with van der Waals surface area (Å²) in [6.45, 7) is 8.39. The molecule has 1 fully saturated rings. The number of rotatable bonds is 3. The molecule has 1 aliphatic heterocycles. The number of imidazole rings is 1. The molecule has 1 aromatic carbocycles. The minimum Gasteiger partial charge on any atom is -0.352 e. The Hall–Kier alpha value is -2.96. The molecule has 1 saturated heterocycles. The van der Waals surface area contributed by atoms with Gasteiger partial charge in [-0.15, -0.1) is 5.10 Å². The van der Waals surface area contributed by atoms with Crippen LogP contribution in [0.5, 0.6) is 0 Å². The lowest BCUT2D eigenvalue weighted by Crippen LogP contribution is -2.54. The second-order valence-electron chi connectivity index (χ2n) is 8.35. The van der Waals surface area contributed by atoms with Crippen molar-refractivity contribution in [1.82, 2.24) is 24.9 Å². The molecule has 1 N–H and O–H groups in total. The van der Waals surface area contributed by atoms with Crippen LogP contribution in [0.2, 0.25) is 5.02 Å². The molecule has 0 unspecified atom stereocenters. The zero-order chi connectivity index (χ0) is 21.5. The van der Waals surface area contributed by atoms with Crippen molar-refractivity contribution in [1.29, 1.82) is 0 Å². The fourth-order valence-corrected chi connectivity index (χ4v) is 4.57. The van der Waals surface area contributed by atoms with Gasteiger partial charge in [0.25, 0.3) is 0 Å². The first-order valence-corrected chi connectivity index (χ1v) is 10.9. The first-order valence-electron chi connectivity index (χ1n) is 10.6. The standard InChI is InChI=1S/C24H25ClN6/c1-15-12-21-28-22(18-4-6-20(25)7-5-18)23(19-8-10-26-11-9-19)31(21)29-24(15)30-13-16(2)27-17(3)14-30/h4-12,16-17,27H,13-14H2,1-3H3/t16-,17+. The van der Waals surface area contributed by atoms with Gasteiger partial charge in [-0.2, -0.15) is 0 Å². The van der Waals surface area contributed by atoms with Gasteiger partial charge in [0.1, 0.15) is 5.69 Å². The van der Waals surface area contributed by atoms with Crippen LogP contribution in [0.15, 0.2) is 54.9 Å². The summed E-state index contributed by atoms with van der Waals surface area (Å²) in [5.41, 5.74) is 5.82. The zero-order valence-corrected chi connectivity index (χ0v) is 18.6. The van der Waals surface area contributed by atoms with Crippen LogP contribution < -0.4 is 10.2 Å². The van der Waals surface area contributed by atoms with Crippen molar-refractivity contribution in [2.75, 3.05) is 18.0 Å². The monoisotopic (exact) mass is 432 g/mol. The molecule has 0 amide bonds. The van der Waals surface area contributed by atoms with E-state index in [1.807, 2.05) is 40.9 Å². The fourth-order valence-electron chi connectivity index (χ4n) is 4.45. The number of aromatic nitrogens is 4. The molecule has 4 aromatic rings. The van der Waals surface area contributed by atoms with Crippen LogP contribution in [0.3, 0.4) is 0 Å². The Kier molecular flexibility index (Phi) is 5.12. The molecule has 6 nitrogen and oxygen atoms in total. The van der Waals surface area contributed by atoms with Crippen molar-refractivity contribution in [2.45, 2.75) is 32.9 Å². The maximum atomic E-state index is 6.13. The third-order valence-electron chi connectivity index (χ3n) is 5.70. The van der Waals surface area contributed by atoms with Crippen molar-refractivity contribution in [3.8, 4) is 22.5 Å². The maximum Gasteiger partial charge on any atom is 0.155 e. The van der Waals surface area contributed by atoms with Crippen molar-refractivity contribution < 1.29 is 0 Å². The lowest BCUT2D eigenvalue weighted by molar-refractivity contribution is 0.404. The van der Waals surface area contributed by atoms with Gasteiger partial charge in [0, 0.05) is 53.7 Å². The van der Waals surface area contributed by atoms with Gasteiger partial charge >= 0.3 is 0 Å². The molecule has 0 spiro atoms. The molecule has 158 valence electrons. The average Bonchev–Trinajstić information content (AvgIpc) is 3.11. The summed E-state index contributed by atoms with van der Waals surface area (Å²) < 4.78 is 1.97. The van der Waals surface area contributed by atoms with E-state index >= 15 is 0 Å². The zero-order valence-electron chi connectivity index (χ0n) is 17.9. The second-order valence-corrected chi connectivity index (χ2v) is 8.78. The third-order valence-corrected chi connectivity index (χ3v) is 5.95. The number of benzene rings is 1. The van der Waals surface area contributed by atoms with E-state index in [9.17, 15) is 0 Å². The van der Waals surface area contributed by atoms with Gasteiger partial charge in [-0.25, -0.2) is 9.50 Å². The number of halogens is 1. The number of piperazine rings is 1. The van der Waals surface area contributed by atoms with Gasteiger partial charge in [-0.05, 0) is 56.7 Å². The number of hydrogen-bond acceptors (Lipinski definition) is 5. The van der Waals surface area contributed by atoms with E-state index in [-0.39, 0.29) is 0 Å². The average molecular weight is 433 g/mol. The van der Waals surface area contributed by atoms with Crippen molar-refractivity contribution in [2.24, 2.45) is 0 Å². The lowest BCUT2D eigenvalue weighted by atomic mass is 10.1. The summed E-state index contributed by atoms with van der Waals surface area (Å²) in [5, 5.41) is 9.41. The molecule has 3 aromatic heterocycles. The molecular weight excluding hydrogens is 408 g/mol. The van der Waals surface area contributed by atoms with Crippen LogP contribution in [0.25, 0.3) is 28.2 Å². The van der Waals surface area contributed by atoms with Gasteiger partial charge in [-0.3, -0.25) is 4.98 Å². The summed E-state index contributed by atoms with van der Waals surface area (Å²) in [5.74, 6) is 1.00. The Labute approximate surface area is 186 Å². The normalized spacial score (nSPS) is 19.2. The number of hydrogen-bond donors (Lipinski definition) is 1. The van der Waals surface area contributed by atoms with Gasteiger partial charge in [0.2, 0.25) is 0 Å². The third kappa shape index (κ3) is 3.77. The Morgan fingerprint density at radius 1 is 0.968 bits per heavy atom. The first kappa shape index (κ1) is 20.0. The van der Waals surface area contributed by atoms with Gasteiger partial charge < -0.3 is 10.2 Å². The Morgan fingerprint density at radius 3 is 2.32 bits per heavy atom. The van der Waals surface area contributed by atoms with Crippen LogP contribution in [-0.2, 0) is 0 Å². The predicted molar refractivity (Wildman–Crippen MR) is 126 cm³/mol. The molecule has 0 bridgehead atoms. The number of nitrogens with zero attached hydrogens (tertiary/aromatic N) is 5. The Morgan fingerprint density at radius 2 is 1.65 bits per heavy atom. The van der Waals surface area contributed by atoms with E-state index in [4.69, 9.17) is 21.7 Å². The number of anilines is 1. The van der Waals surface area contributed by atoms with E-state index in [0.717, 1.165) is 52.6 Å². The van der Waals surface area contributed by atoms with E-state index in [1.54, 1.807) is 12.4 Å². The first-order chi connectivity index (χ1) is 15.0. The fraction of sp³-hybridized carbons (Fsp3) is 0.292. The molecule has 0 saturated carbocycles. The number of nitrogens with one attached hydrogen (secondary N) is 1. The largest absolute Gasteiger partial charge is 0.352 e. The Bertz CT molecular complexity index is 1210. The minimum absolute atomic E-state index is 0.410. The molecule has 4 heterocycles. The van der Waals surface area contributed by atoms with Gasteiger partial charge in [0.05, 0.1) is 5.69 Å². The van der Waals surface area contributed by atoms with E-state index in [0.29, 0.717) is 17.1 Å². The highest BCUT2D eigenvalue weighted by molar-refractivity contribution is 6.30. The molecule has 0 aliphatic carbocycles. The van der Waals surface area contributed by atoms with E-state index in [1.165, 1.54) is 0 Å². The lowest BCUT2D eigenvalue weighted by Gasteiger charge is -2.37. The quantitative estimate of drug-likeness (QED) is 0.512. The summed E-state index contributed by atoms with van der Waals surface area (Å²) >= 11 is 6.13. The SMILES string of the molecule is Cc1cc2nc(-c3ccc(Cl)cc3)c(-c3ccncc3)n2nc1N1C[C@@H](C)N[C@@H](C)C1. The van der Waals surface area contributed by atoms with Gasteiger partial charge in [-0.1, -0.05) is 23.7 Å². The van der Waals surface area contributed by atoms with Crippen LogP contribution >= 0.6 is 11.6 Å². The van der Waals surface area contributed by atoms with Crippen LogP contribution in [0.4, 0.5) is 5.82 Å². The Balaban J connectivity index is 1.72. The van der Waals surface area contributed by atoms with Crippen molar-refractivity contribution >= 4 is 23.1 Å². The molecule has 31 heavy (non-hydrogen) atoms.